The molecule has 3 rings (SSSR count). The summed E-state index contributed by atoms with van der Waals surface area (Å²) >= 11 is 0. The lowest BCUT2D eigenvalue weighted by Gasteiger charge is -2.25. The van der Waals surface area contributed by atoms with Crippen molar-refractivity contribution >= 4 is 27.3 Å². The van der Waals surface area contributed by atoms with Gasteiger partial charge in [-0.3, -0.25) is 18.9 Å². The minimum absolute atomic E-state index is 0.118. The average molecular weight is 457 g/mol. The average Bonchev–Trinajstić information content (AvgIpc) is 2.66. The van der Waals surface area contributed by atoms with E-state index in [-0.39, 0.29) is 11.4 Å². The highest BCUT2D eigenvalue weighted by Crippen LogP contribution is 2.25. The Bertz CT molecular complexity index is 1370. The topological polar surface area (TPSA) is 132 Å². The summed E-state index contributed by atoms with van der Waals surface area (Å²) in [6, 6.07) is 12.1. The Morgan fingerprint density at radius 1 is 0.906 bits per heavy atom. The highest BCUT2D eigenvalue weighted by atomic mass is 32.2. The fourth-order valence-electron chi connectivity index (χ4n) is 3.39. The number of aromatic amines is 2. The van der Waals surface area contributed by atoms with Crippen LogP contribution in [0.2, 0.25) is 0 Å². The van der Waals surface area contributed by atoms with Crippen LogP contribution in [-0.2, 0) is 14.8 Å². The Balaban J connectivity index is 2.08. The zero-order valence-corrected chi connectivity index (χ0v) is 19.0. The van der Waals surface area contributed by atoms with Gasteiger partial charge in [-0.15, -0.1) is 0 Å². The molecule has 10 heteroatoms. The van der Waals surface area contributed by atoms with Crippen LogP contribution in [-0.4, -0.2) is 30.8 Å². The maximum Gasteiger partial charge on any atom is 0.325 e. The molecule has 32 heavy (non-hydrogen) atoms. The van der Waals surface area contributed by atoms with E-state index in [1.165, 1.54) is 6.92 Å². The highest BCUT2D eigenvalue weighted by Gasteiger charge is 2.32. The quantitative estimate of drug-likeness (QED) is 0.523. The van der Waals surface area contributed by atoms with Crippen molar-refractivity contribution in [2.75, 3.05) is 16.2 Å². The molecule has 0 radical (unpaired) electrons. The van der Waals surface area contributed by atoms with Crippen LogP contribution in [0.5, 0.6) is 0 Å². The summed E-state index contributed by atoms with van der Waals surface area (Å²) in [6.07, 6.45) is 0. The number of aryl methyl sites for hydroxylation is 4. The minimum Gasteiger partial charge on any atom is -0.325 e. The second-order valence-electron chi connectivity index (χ2n) is 7.63. The van der Waals surface area contributed by atoms with E-state index in [1.807, 2.05) is 30.1 Å². The van der Waals surface area contributed by atoms with E-state index in [9.17, 15) is 22.8 Å². The van der Waals surface area contributed by atoms with Gasteiger partial charge in [-0.2, -0.15) is 0 Å². The molecular formula is C22H24N4O5S. The van der Waals surface area contributed by atoms with Crippen LogP contribution in [0.4, 0.5) is 11.4 Å². The molecular weight excluding hydrogens is 432 g/mol. The number of hydrogen-bond acceptors (Lipinski definition) is 5. The number of hydrogen-bond donors (Lipinski definition) is 3. The fourth-order valence-corrected chi connectivity index (χ4v) is 5.00. The molecule has 1 heterocycles. The lowest BCUT2D eigenvalue weighted by atomic mass is 10.1. The Morgan fingerprint density at radius 2 is 1.50 bits per heavy atom. The van der Waals surface area contributed by atoms with E-state index < -0.39 is 38.6 Å². The van der Waals surface area contributed by atoms with Gasteiger partial charge < -0.3 is 10.3 Å². The lowest BCUT2D eigenvalue weighted by molar-refractivity contribution is -0.114. The molecule has 0 aliphatic heterocycles. The number of anilines is 2. The summed E-state index contributed by atoms with van der Waals surface area (Å²) in [4.78, 5) is 40.3. The van der Waals surface area contributed by atoms with E-state index in [4.69, 9.17) is 0 Å². The summed E-state index contributed by atoms with van der Waals surface area (Å²) in [5, 5.41) is 2.67. The maximum atomic E-state index is 13.5. The standard InChI is InChI=1S/C22H24N4O5S/c1-13-5-7-17(8-6-13)24-19(27)12-26(18-10-14(2)9-15(3)11-18)32(30,31)20-16(4)23-22(29)25-21(20)28/h5-11H,12H2,1-4H3,(H,24,27)(H2,23,25,28,29). The van der Waals surface area contributed by atoms with Crippen LogP contribution in [0, 0.1) is 27.7 Å². The third kappa shape index (κ3) is 4.97. The maximum absolute atomic E-state index is 13.5. The molecule has 9 nitrogen and oxygen atoms in total. The van der Waals surface area contributed by atoms with Crippen molar-refractivity contribution in [3.05, 3.63) is 85.7 Å². The number of rotatable bonds is 6. The zero-order valence-electron chi connectivity index (χ0n) is 18.1. The van der Waals surface area contributed by atoms with E-state index in [0.717, 1.165) is 21.0 Å². The van der Waals surface area contributed by atoms with Crippen molar-refractivity contribution in [1.29, 1.82) is 0 Å². The Kier molecular flexibility index (Phi) is 6.35. The Labute approximate surface area is 185 Å². The van der Waals surface area contributed by atoms with E-state index in [0.29, 0.717) is 5.69 Å². The normalized spacial score (nSPS) is 11.2. The van der Waals surface area contributed by atoms with Gasteiger partial charge in [0.25, 0.3) is 15.6 Å². The molecule has 0 saturated heterocycles. The second kappa shape index (κ2) is 8.83. The van der Waals surface area contributed by atoms with Crippen molar-refractivity contribution in [1.82, 2.24) is 9.97 Å². The third-order valence-electron chi connectivity index (χ3n) is 4.74. The molecule has 0 spiro atoms. The minimum atomic E-state index is -4.50. The van der Waals surface area contributed by atoms with Gasteiger partial charge in [0.05, 0.1) is 5.69 Å². The van der Waals surface area contributed by atoms with Crippen molar-refractivity contribution in [2.24, 2.45) is 0 Å². The van der Waals surface area contributed by atoms with Gasteiger partial charge in [-0.1, -0.05) is 23.8 Å². The molecule has 1 aromatic heterocycles. The smallest absolute Gasteiger partial charge is 0.325 e. The Morgan fingerprint density at radius 3 is 2.06 bits per heavy atom. The number of amides is 1. The molecule has 1 amide bonds. The number of nitrogens with one attached hydrogen (secondary N) is 3. The van der Waals surface area contributed by atoms with Crippen LogP contribution in [0.25, 0.3) is 0 Å². The van der Waals surface area contributed by atoms with Gasteiger partial charge >= 0.3 is 5.69 Å². The predicted octanol–water partition coefficient (Wildman–Crippen LogP) is 2.13. The number of carbonyl (C=O) groups excluding carboxylic acids is 1. The number of aromatic nitrogens is 2. The van der Waals surface area contributed by atoms with Gasteiger partial charge in [0.15, 0.2) is 4.90 Å². The monoisotopic (exact) mass is 456 g/mol. The van der Waals surface area contributed by atoms with Crippen LogP contribution in [0.15, 0.2) is 56.9 Å². The summed E-state index contributed by atoms with van der Waals surface area (Å²) in [5.74, 6) is -0.588. The van der Waals surface area contributed by atoms with Crippen LogP contribution >= 0.6 is 0 Å². The largest absolute Gasteiger partial charge is 0.325 e. The SMILES string of the molecule is Cc1ccc(NC(=O)CN(c2cc(C)cc(C)c2)S(=O)(=O)c2c(C)[nH]c(=O)[nH]c2=O)cc1. The number of carbonyl (C=O) groups is 1. The molecule has 0 aliphatic carbocycles. The Hall–Kier alpha value is -3.66. The van der Waals surface area contributed by atoms with Gasteiger partial charge in [-0.05, 0) is 63.1 Å². The molecule has 0 saturated carbocycles. The van der Waals surface area contributed by atoms with Gasteiger partial charge in [0.1, 0.15) is 6.54 Å². The van der Waals surface area contributed by atoms with Crippen molar-refractivity contribution in [3.63, 3.8) is 0 Å². The van der Waals surface area contributed by atoms with E-state index in [2.05, 4.69) is 10.3 Å². The summed E-state index contributed by atoms with van der Waals surface area (Å²) in [7, 11) is -4.50. The van der Waals surface area contributed by atoms with E-state index in [1.54, 1.807) is 38.1 Å². The van der Waals surface area contributed by atoms with Crippen LogP contribution < -0.4 is 20.9 Å². The molecule has 0 aliphatic rings. The molecule has 0 fully saturated rings. The van der Waals surface area contributed by atoms with E-state index >= 15 is 0 Å². The van der Waals surface area contributed by atoms with Gasteiger partial charge in [0.2, 0.25) is 5.91 Å². The highest BCUT2D eigenvalue weighted by molar-refractivity contribution is 7.92. The summed E-state index contributed by atoms with van der Waals surface area (Å²) in [5.41, 5.74) is 1.32. The van der Waals surface area contributed by atoms with Gasteiger partial charge in [0, 0.05) is 11.4 Å². The predicted molar refractivity (Wildman–Crippen MR) is 123 cm³/mol. The molecule has 168 valence electrons. The number of H-pyrrole nitrogens is 2. The van der Waals surface area contributed by atoms with Crippen molar-refractivity contribution < 1.29 is 13.2 Å². The molecule has 3 N–H and O–H groups in total. The first-order valence-electron chi connectivity index (χ1n) is 9.78. The first kappa shape index (κ1) is 23.0. The lowest BCUT2D eigenvalue weighted by Crippen LogP contribution is -2.42. The first-order valence-corrected chi connectivity index (χ1v) is 11.2. The third-order valence-corrected chi connectivity index (χ3v) is 6.67. The molecule has 0 unspecified atom stereocenters. The molecule has 3 aromatic rings. The summed E-state index contributed by atoms with van der Waals surface area (Å²) < 4.78 is 28.0. The number of benzene rings is 2. The zero-order chi connectivity index (χ0) is 23.6. The second-order valence-corrected chi connectivity index (χ2v) is 9.43. The number of nitrogens with zero attached hydrogens (tertiary/aromatic N) is 1. The van der Waals surface area contributed by atoms with Crippen LogP contribution in [0.3, 0.4) is 0 Å². The molecule has 0 bridgehead atoms. The molecule has 2 aromatic carbocycles. The first-order chi connectivity index (χ1) is 15.0. The summed E-state index contributed by atoms with van der Waals surface area (Å²) in [6.45, 7) is 6.24. The van der Waals surface area contributed by atoms with Crippen LogP contribution in [0.1, 0.15) is 22.4 Å². The fraction of sp³-hybridized carbons (Fsp3) is 0.227. The van der Waals surface area contributed by atoms with Crippen molar-refractivity contribution in [3.8, 4) is 0 Å². The van der Waals surface area contributed by atoms with Gasteiger partial charge in [-0.25, -0.2) is 13.2 Å². The van der Waals surface area contributed by atoms with Crippen molar-refractivity contribution in [2.45, 2.75) is 32.6 Å². The molecule has 0 atom stereocenters. The number of sulfonamides is 1.